The van der Waals surface area contributed by atoms with Gasteiger partial charge in [0.2, 0.25) is 0 Å². The van der Waals surface area contributed by atoms with Crippen molar-refractivity contribution in [1.82, 2.24) is 0 Å². The van der Waals surface area contributed by atoms with Crippen molar-refractivity contribution >= 4 is 17.5 Å². The molecule has 0 aliphatic carbocycles. The van der Waals surface area contributed by atoms with Crippen molar-refractivity contribution < 1.29 is 14.3 Å². The Balaban J connectivity index is 2.54. The van der Waals surface area contributed by atoms with Crippen molar-refractivity contribution in [2.45, 2.75) is 32.9 Å². The van der Waals surface area contributed by atoms with Crippen LogP contribution in [0.15, 0.2) is 24.3 Å². The van der Waals surface area contributed by atoms with E-state index in [4.69, 9.17) is 9.47 Å². The summed E-state index contributed by atoms with van der Waals surface area (Å²) < 4.78 is 10.1. The number of benzene rings is 1. The Hall–Kier alpha value is -1.75. The molecule has 1 amide bonds. The van der Waals surface area contributed by atoms with Crippen LogP contribution in [0.1, 0.15) is 20.8 Å². The normalized spacial score (nSPS) is 13.5. The Kier molecular flexibility index (Phi) is 6.15. The SMILES string of the molecule is CCOC(=O)Nc1ccc(NC(C)C(C)OC)cc1. The van der Waals surface area contributed by atoms with Crippen molar-refractivity contribution in [3.63, 3.8) is 0 Å². The van der Waals surface area contributed by atoms with Gasteiger partial charge in [0, 0.05) is 24.5 Å². The fourth-order valence-electron chi connectivity index (χ4n) is 1.52. The van der Waals surface area contributed by atoms with Crippen LogP contribution < -0.4 is 10.6 Å². The minimum Gasteiger partial charge on any atom is -0.450 e. The third-order valence-corrected chi connectivity index (χ3v) is 2.88. The summed E-state index contributed by atoms with van der Waals surface area (Å²) in [6.07, 6.45) is -0.318. The molecule has 5 nitrogen and oxygen atoms in total. The lowest BCUT2D eigenvalue weighted by atomic mass is 10.2. The fraction of sp³-hybridized carbons (Fsp3) is 0.500. The highest BCUT2D eigenvalue weighted by atomic mass is 16.5. The first kappa shape index (κ1) is 15.3. The first-order chi connectivity index (χ1) is 9.06. The second-order valence-corrected chi connectivity index (χ2v) is 4.30. The van der Waals surface area contributed by atoms with Crippen molar-refractivity contribution in [1.29, 1.82) is 0 Å². The average Bonchev–Trinajstić information content (AvgIpc) is 2.40. The first-order valence-electron chi connectivity index (χ1n) is 6.40. The molecule has 5 heteroatoms. The van der Waals surface area contributed by atoms with E-state index in [0.717, 1.165) is 5.69 Å². The third kappa shape index (κ3) is 5.18. The maximum atomic E-state index is 11.2. The van der Waals surface area contributed by atoms with Crippen LogP contribution in [-0.2, 0) is 9.47 Å². The van der Waals surface area contributed by atoms with E-state index in [-0.39, 0.29) is 12.1 Å². The number of ether oxygens (including phenoxy) is 2. The highest BCUT2D eigenvalue weighted by Crippen LogP contribution is 2.15. The van der Waals surface area contributed by atoms with Crippen LogP contribution in [0.2, 0.25) is 0 Å². The molecule has 1 aromatic rings. The van der Waals surface area contributed by atoms with E-state index in [2.05, 4.69) is 17.6 Å². The average molecular weight is 266 g/mol. The summed E-state index contributed by atoms with van der Waals surface area (Å²) in [5, 5.41) is 5.97. The molecule has 0 saturated carbocycles. The number of hydrogen-bond acceptors (Lipinski definition) is 4. The highest BCUT2D eigenvalue weighted by Gasteiger charge is 2.10. The Bertz CT molecular complexity index is 392. The summed E-state index contributed by atoms with van der Waals surface area (Å²) >= 11 is 0. The monoisotopic (exact) mass is 266 g/mol. The maximum Gasteiger partial charge on any atom is 0.411 e. The first-order valence-corrected chi connectivity index (χ1v) is 6.40. The van der Waals surface area contributed by atoms with Crippen LogP contribution in [0.3, 0.4) is 0 Å². The van der Waals surface area contributed by atoms with Gasteiger partial charge in [-0.15, -0.1) is 0 Å². The molecule has 0 aromatic heterocycles. The van der Waals surface area contributed by atoms with Crippen molar-refractivity contribution in [2.75, 3.05) is 24.4 Å². The molecule has 2 atom stereocenters. The Morgan fingerprint density at radius 3 is 2.32 bits per heavy atom. The molecule has 0 aliphatic heterocycles. The molecule has 0 fully saturated rings. The van der Waals surface area contributed by atoms with E-state index in [9.17, 15) is 4.79 Å². The standard InChI is InChI=1S/C14H22N2O3/c1-5-19-14(17)16-13-8-6-12(7-9-13)15-10(2)11(3)18-4/h6-11,15H,5H2,1-4H3,(H,16,17). The van der Waals surface area contributed by atoms with Crippen LogP contribution >= 0.6 is 0 Å². The molecule has 0 aliphatic rings. The fourth-order valence-corrected chi connectivity index (χ4v) is 1.52. The quantitative estimate of drug-likeness (QED) is 0.830. The highest BCUT2D eigenvalue weighted by molar-refractivity contribution is 5.84. The molecule has 2 N–H and O–H groups in total. The van der Waals surface area contributed by atoms with Gasteiger partial charge in [0.05, 0.1) is 12.7 Å². The van der Waals surface area contributed by atoms with Crippen LogP contribution in [0, 0.1) is 0 Å². The predicted octanol–water partition coefficient (Wildman–Crippen LogP) is 3.09. The van der Waals surface area contributed by atoms with Gasteiger partial charge < -0.3 is 14.8 Å². The van der Waals surface area contributed by atoms with E-state index in [1.54, 1.807) is 14.0 Å². The molecule has 0 bridgehead atoms. The summed E-state index contributed by atoms with van der Waals surface area (Å²) in [7, 11) is 1.69. The minimum absolute atomic E-state index is 0.123. The lowest BCUT2D eigenvalue weighted by molar-refractivity contribution is 0.106. The summed E-state index contributed by atoms with van der Waals surface area (Å²) in [5.74, 6) is 0. The van der Waals surface area contributed by atoms with Crippen molar-refractivity contribution in [3.8, 4) is 0 Å². The van der Waals surface area contributed by atoms with Gasteiger partial charge in [0.15, 0.2) is 0 Å². The molecule has 0 radical (unpaired) electrons. The summed E-state index contributed by atoms with van der Waals surface area (Å²) in [4.78, 5) is 11.2. The molecule has 1 aromatic carbocycles. The summed E-state index contributed by atoms with van der Waals surface area (Å²) in [6, 6.07) is 7.65. The minimum atomic E-state index is -0.440. The Labute approximate surface area is 114 Å². The number of amides is 1. The van der Waals surface area contributed by atoms with Crippen LogP contribution in [0.4, 0.5) is 16.2 Å². The van der Waals surface area contributed by atoms with Gasteiger partial charge in [-0.25, -0.2) is 4.79 Å². The van der Waals surface area contributed by atoms with E-state index < -0.39 is 6.09 Å². The number of carbonyl (C=O) groups is 1. The molecule has 1 rings (SSSR count). The van der Waals surface area contributed by atoms with Gasteiger partial charge in [-0.3, -0.25) is 5.32 Å². The van der Waals surface area contributed by atoms with Crippen molar-refractivity contribution in [2.24, 2.45) is 0 Å². The van der Waals surface area contributed by atoms with E-state index in [0.29, 0.717) is 12.3 Å². The van der Waals surface area contributed by atoms with Gasteiger partial charge in [0.25, 0.3) is 0 Å². The van der Waals surface area contributed by atoms with Gasteiger partial charge >= 0.3 is 6.09 Å². The molecule has 2 unspecified atom stereocenters. The second-order valence-electron chi connectivity index (χ2n) is 4.30. The smallest absolute Gasteiger partial charge is 0.411 e. The van der Waals surface area contributed by atoms with Gasteiger partial charge in [0.1, 0.15) is 0 Å². The number of carbonyl (C=O) groups excluding carboxylic acids is 1. The van der Waals surface area contributed by atoms with Crippen LogP contribution in [-0.4, -0.2) is 32.0 Å². The lowest BCUT2D eigenvalue weighted by Crippen LogP contribution is -2.29. The zero-order chi connectivity index (χ0) is 14.3. The number of hydrogen-bond donors (Lipinski definition) is 2. The maximum absolute atomic E-state index is 11.2. The lowest BCUT2D eigenvalue weighted by Gasteiger charge is -2.21. The summed E-state index contributed by atoms with van der Waals surface area (Å²) in [5.41, 5.74) is 1.68. The number of rotatable bonds is 6. The van der Waals surface area contributed by atoms with E-state index in [1.165, 1.54) is 0 Å². The molecule has 106 valence electrons. The van der Waals surface area contributed by atoms with Crippen LogP contribution in [0.5, 0.6) is 0 Å². The topological polar surface area (TPSA) is 59.6 Å². The summed E-state index contributed by atoms with van der Waals surface area (Å²) in [6.45, 7) is 6.19. The van der Waals surface area contributed by atoms with Gasteiger partial charge in [-0.05, 0) is 45.0 Å². The zero-order valence-corrected chi connectivity index (χ0v) is 11.9. The van der Waals surface area contributed by atoms with Crippen LogP contribution in [0.25, 0.3) is 0 Å². The molecule has 0 spiro atoms. The number of nitrogens with one attached hydrogen (secondary N) is 2. The molecular formula is C14H22N2O3. The Morgan fingerprint density at radius 1 is 1.21 bits per heavy atom. The van der Waals surface area contributed by atoms with Gasteiger partial charge in [-0.2, -0.15) is 0 Å². The van der Waals surface area contributed by atoms with Crippen molar-refractivity contribution in [3.05, 3.63) is 24.3 Å². The van der Waals surface area contributed by atoms with E-state index >= 15 is 0 Å². The molecule has 19 heavy (non-hydrogen) atoms. The number of anilines is 2. The largest absolute Gasteiger partial charge is 0.450 e. The van der Waals surface area contributed by atoms with E-state index in [1.807, 2.05) is 31.2 Å². The predicted molar refractivity (Wildman–Crippen MR) is 76.6 cm³/mol. The van der Waals surface area contributed by atoms with Gasteiger partial charge in [-0.1, -0.05) is 0 Å². The number of methoxy groups -OCH3 is 1. The second kappa shape index (κ2) is 7.63. The third-order valence-electron chi connectivity index (χ3n) is 2.88. The molecule has 0 heterocycles. The zero-order valence-electron chi connectivity index (χ0n) is 11.9. The Morgan fingerprint density at radius 2 is 1.79 bits per heavy atom. The molecule has 0 saturated heterocycles. The molecular weight excluding hydrogens is 244 g/mol.